The molecule has 8 heteroatoms. The largest absolute Gasteiger partial charge is 0.481 e. The van der Waals surface area contributed by atoms with Gasteiger partial charge in [0.2, 0.25) is 11.8 Å². The van der Waals surface area contributed by atoms with Crippen molar-refractivity contribution in [2.24, 2.45) is 5.73 Å². The second kappa shape index (κ2) is 10.8. The summed E-state index contributed by atoms with van der Waals surface area (Å²) in [7, 11) is 0. The van der Waals surface area contributed by atoms with E-state index in [1.165, 1.54) is 6.07 Å². The van der Waals surface area contributed by atoms with Crippen LogP contribution in [0.2, 0.25) is 0 Å². The highest BCUT2D eigenvalue weighted by Crippen LogP contribution is 2.21. The van der Waals surface area contributed by atoms with Crippen LogP contribution in [0.5, 0.6) is 0 Å². The van der Waals surface area contributed by atoms with E-state index in [1.807, 2.05) is 13.8 Å². The molecule has 0 radical (unpaired) electrons. The molecule has 0 aliphatic carbocycles. The van der Waals surface area contributed by atoms with E-state index in [9.17, 15) is 14.0 Å². The van der Waals surface area contributed by atoms with Crippen molar-refractivity contribution in [2.75, 3.05) is 19.6 Å². The number of amides is 2. The van der Waals surface area contributed by atoms with Crippen LogP contribution >= 0.6 is 0 Å². The second-order valence-corrected chi connectivity index (χ2v) is 6.85. The number of benzene rings is 1. The van der Waals surface area contributed by atoms with Crippen molar-refractivity contribution >= 4 is 17.8 Å². The van der Waals surface area contributed by atoms with Gasteiger partial charge in [0, 0.05) is 32.6 Å². The van der Waals surface area contributed by atoms with Crippen molar-refractivity contribution in [3.8, 4) is 0 Å². The highest BCUT2D eigenvalue weighted by atomic mass is 19.1. The Morgan fingerprint density at radius 2 is 1.86 bits per heavy atom. The van der Waals surface area contributed by atoms with Crippen LogP contribution in [0.1, 0.15) is 38.3 Å². The average molecular weight is 395 g/mol. The molecule has 1 aromatic carbocycles. The summed E-state index contributed by atoms with van der Waals surface area (Å²) >= 11 is 0. The molecule has 0 saturated carbocycles. The molecule has 7 nitrogen and oxygen atoms in total. The fraction of sp³-hybridized carbons (Fsp3) is 0.550. The van der Waals surface area contributed by atoms with Crippen molar-refractivity contribution in [3.05, 3.63) is 35.1 Å². The van der Waals surface area contributed by atoms with Crippen molar-refractivity contribution in [3.63, 3.8) is 0 Å². The average Bonchev–Trinajstić information content (AvgIpc) is 3.00. The maximum absolute atomic E-state index is 13.4. The fourth-order valence-electron chi connectivity index (χ4n) is 3.22. The van der Waals surface area contributed by atoms with Gasteiger partial charge in [0.05, 0.1) is 6.42 Å². The number of carboxylic acids is 1. The number of aliphatic carboxylic acids is 1. The summed E-state index contributed by atoms with van der Waals surface area (Å²) in [5, 5.41) is 7.42. The number of hydrogen-bond donors (Lipinski definition) is 2. The van der Waals surface area contributed by atoms with Gasteiger partial charge in [-0.15, -0.1) is 0 Å². The Kier molecular flexibility index (Phi) is 9.05. The summed E-state index contributed by atoms with van der Waals surface area (Å²) in [4.78, 5) is 37.6. The van der Waals surface area contributed by atoms with Crippen molar-refractivity contribution in [1.82, 2.24) is 9.80 Å². The summed E-state index contributed by atoms with van der Waals surface area (Å²) in [6.07, 6.45) is 0.638. The third-order valence-corrected chi connectivity index (χ3v) is 4.59. The van der Waals surface area contributed by atoms with E-state index >= 15 is 0 Å². The maximum atomic E-state index is 13.4. The van der Waals surface area contributed by atoms with Crippen LogP contribution < -0.4 is 5.73 Å². The first-order chi connectivity index (χ1) is 13.1. The van der Waals surface area contributed by atoms with Gasteiger partial charge in [0.1, 0.15) is 11.9 Å². The predicted molar refractivity (Wildman–Crippen MR) is 104 cm³/mol. The molecule has 2 amide bonds. The zero-order chi connectivity index (χ0) is 21.4. The van der Waals surface area contributed by atoms with Gasteiger partial charge in [-0.1, -0.05) is 12.1 Å². The predicted octanol–water partition coefficient (Wildman–Crippen LogP) is 1.56. The molecular weight excluding hydrogens is 365 g/mol. The fourth-order valence-corrected chi connectivity index (χ4v) is 3.22. The van der Waals surface area contributed by atoms with E-state index in [1.54, 1.807) is 28.9 Å². The van der Waals surface area contributed by atoms with Gasteiger partial charge in [-0.2, -0.15) is 0 Å². The molecule has 0 unspecified atom stereocenters. The molecule has 2 rings (SSSR count). The summed E-state index contributed by atoms with van der Waals surface area (Å²) in [5.41, 5.74) is 7.25. The molecule has 0 aromatic heterocycles. The zero-order valence-corrected chi connectivity index (χ0v) is 16.9. The Labute approximate surface area is 165 Å². The zero-order valence-electron chi connectivity index (χ0n) is 16.9. The van der Waals surface area contributed by atoms with Crippen LogP contribution in [0.4, 0.5) is 4.39 Å². The number of rotatable bonds is 5. The van der Waals surface area contributed by atoms with E-state index < -0.39 is 12.0 Å². The summed E-state index contributed by atoms with van der Waals surface area (Å²) < 4.78 is 13.4. The molecular formula is C20H30FN3O4. The highest BCUT2D eigenvalue weighted by molar-refractivity contribution is 5.89. The Bertz CT molecular complexity index is 703. The van der Waals surface area contributed by atoms with Crippen LogP contribution in [0.15, 0.2) is 18.2 Å². The SMILES string of the molecule is CC(=O)O.CCN(CC)C(=O)[C@@H]1C[C@H](N)CN1C(=O)Cc1ccc(F)c(C)c1. The smallest absolute Gasteiger partial charge is 0.300 e. The molecule has 3 N–H and O–H groups in total. The Morgan fingerprint density at radius 1 is 1.29 bits per heavy atom. The number of carboxylic acid groups (broad SMARTS) is 1. The molecule has 1 aliphatic heterocycles. The minimum absolute atomic E-state index is 0.0448. The monoisotopic (exact) mass is 395 g/mol. The lowest BCUT2D eigenvalue weighted by Crippen LogP contribution is -2.48. The minimum atomic E-state index is -0.833. The van der Waals surface area contributed by atoms with Gasteiger partial charge in [-0.3, -0.25) is 14.4 Å². The van der Waals surface area contributed by atoms with Crippen LogP contribution in [0, 0.1) is 12.7 Å². The first-order valence-corrected chi connectivity index (χ1v) is 9.39. The standard InChI is InChI=1S/C18H26FN3O2.C2H4O2/c1-4-21(5-2)18(24)16-10-14(20)11-22(16)17(23)9-13-6-7-15(19)12(3)8-13;1-2(3)4/h6-8,14,16H,4-5,9-11,20H2,1-3H3;1H3,(H,3,4)/t14-,16-;/m0./s1. The van der Waals surface area contributed by atoms with E-state index in [-0.39, 0.29) is 30.1 Å². The van der Waals surface area contributed by atoms with Crippen molar-refractivity contribution in [1.29, 1.82) is 0 Å². The number of hydrogen-bond acceptors (Lipinski definition) is 4. The summed E-state index contributed by atoms with van der Waals surface area (Å²) in [6, 6.07) is 3.97. The lowest BCUT2D eigenvalue weighted by Gasteiger charge is -2.29. The number of likely N-dealkylation sites (tertiary alicyclic amines) is 1. The number of aryl methyl sites for hydroxylation is 1. The Morgan fingerprint density at radius 3 is 2.36 bits per heavy atom. The van der Waals surface area contributed by atoms with Crippen LogP contribution in [-0.2, 0) is 20.8 Å². The molecule has 1 fully saturated rings. The summed E-state index contributed by atoms with van der Waals surface area (Å²) in [6.45, 7) is 8.20. The van der Waals surface area contributed by atoms with Crippen LogP contribution in [-0.4, -0.2) is 64.4 Å². The Balaban J connectivity index is 0.000000892. The highest BCUT2D eigenvalue weighted by Gasteiger charge is 2.39. The van der Waals surface area contributed by atoms with Crippen molar-refractivity contribution in [2.45, 2.75) is 52.6 Å². The molecule has 1 aliphatic rings. The molecule has 1 saturated heterocycles. The number of carbonyl (C=O) groups is 3. The third-order valence-electron chi connectivity index (χ3n) is 4.59. The molecule has 1 aromatic rings. The van der Waals surface area contributed by atoms with Gasteiger partial charge in [0.15, 0.2) is 0 Å². The topological polar surface area (TPSA) is 104 Å². The number of nitrogens with two attached hydrogens (primary N) is 1. The second-order valence-electron chi connectivity index (χ2n) is 6.85. The van der Waals surface area contributed by atoms with Gasteiger partial charge in [0.25, 0.3) is 5.97 Å². The summed E-state index contributed by atoms with van der Waals surface area (Å²) in [5.74, 6) is -1.31. The number of carbonyl (C=O) groups excluding carboxylic acids is 2. The number of nitrogens with zero attached hydrogens (tertiary/aromatic N) is 2. The molecule has 1 heterocycles. The normalized spacial score (nSPS) is 18.3. The van der Waals surface area contributed by atoms with Gasteiger partial charge in [-0.25, -0.2) is 4.39 Å². The first kappa shape index (κ1) is 23.6. The number of halogens is 1. The lowest BCUT2D eigenvalue weighted by molar-refractivity contribution is -0.143. The van der Waals surface area contributed by atoms with Crippen LogP contribution in [0.25, 0.3) is 0 Å². The molecule has 0 spiro atoms. The lowest BCUT2D eigenvalue weighted by atomic mass is 10.1. The maximum Gasteiger partial charge on any atom is 0.300 e. The van der Waals surface area contributed by atoms with E-state index in [0.29, 0.717) is 31.6 Å². The van der Waals surface area contributed by atoms with E-state index in [4.69, 9.17) is 15.6 Å². The number of likely N-dealkylation sites (N-methyl/N-ethyl adjacent to an activating group) is 1. The van der Waals surface area contributed by atoms with Gasteiger partial charge in [-0.05, 0) is 44.4 Å². The molecule has 156 valence electrons. The van der Waals surface area contributed by atoms with Gasteiger partial charge < -0.3 is 20.6 Å². The first-order valence-electron chi connectivity index (χ1n) is 9.39. The van der Waals surface area contributed by atoms with Crippen molar-refractivity contribution < 1.29 is 23.9 Å². The quantitative estimate of drug-likeness (QED) is 0.787. The van der Waals surface area contributed by atoms with Crippen LogP contribution in [0.3, 0.4) is 0 Å². The van der Waals surface area contributed by atoms with E-state index in [0.717, 1.165) is 12.5 Å². The Hall–Kier alpha value is -2.48. The van der Waals surface area contributed by atoms with E-state index in [2.05, 4.69) is 0 Å². The molecule has 28 heavy (non-hydrogen) atoms. The molecule has 0 bridgehead atoms. The minimum Gasteiger partial charge on any atom is -0.481 e. The molecule has 2 atom stereocenters. The van der Waals surface area contributed by atoms with Gasteiger partial charge >= 0.3 is 0 Å². The third kappa shape index (κ3) is 6.60.